The first-order valence-electron chi connectivity index (χ1n) is 5.60. The normalized spacial score (nSPS) is 10.0. The van der Waals surface area contributed by atoms with Gasteiger partial charge in [0.1, 0.15) is 0 Å². The topological polar surface area (TPSA) is 29.1 Å². The third kappa shape index (κ3) is 2.53. The van der Waals surface area contributed by atoms with E-state index in [-0.39, 0.29) is 5.78 Å². The quantitative estimate of drug-likeness (QED) is 0.812. The molecule has 0 aromatic heterocycles. The molecule has 2 aromatic carbocycles. The van der Waals surface area contributed by atoms with Crippen LogP contribution in [0, 0.1) is 6.92 Å². The van der Waals surface area contributed by atoms with Gasteiger partial charge in [0.2, 0.25) is 0 Å². The molecular weight excluding hydrogens is 210 g/mol. The Morgan fingerprint density at radius 2 is 1.65 bits per heavy atom. The zero-order valence-electron chi connectivity index (χ0n) is 10.0. The molecule has 0 amide bonds. The van der Waals surface area contributed by atoms with E-state index < -0.39 is 0 Å². The van der Waals surface area contributed by atoms with Gasteiger partial charge in [-0.25, -0.2) is 0 Å². The molecule has 0 unspecified atom stereocenters. The molecule has 2 aromatic rings. The van der Waals surface area contributed by atoms with Crippen LogP contribution in [0.5, 0.6) is 0 Å². The van der Waals surface area contributed by atoms with E-state index in [1.54, 1.807) is 0 Å². The summed E-state index contributed by atoms with van der Waals surface area (Å²) in [7, 11) is 1.84. The summed E-state index contributed by atoms with van der Waals surface area (Å²) in [4.78, 5) is 12.2. The summed E-state index contributed by atoms with van der Waals surface area (Å²) >= 11 is 0. The van der Waals surface area contributed by atoms with Crippen LogP contribution in [-0.2, 0) is 0 Å². The van der Waals surface area contributed by atoms with Gasteiger partial charge in [0, 0.05) is 23.9 Å². The van der Waals surface area contributed by atoms with Gasteiger partial charge in [0.05, 0.1) is 0 Å². The van der Waals surface area contributed by atoms with E-state index in [1.165, 1.54) is 0 Å². The molecule has 0 fully saturated rings. The van der Waals surface area contributed by atoms with Crippen molar-refractivity contribution in [1.29, 1.82) is 0 Å². The molecular formula is C15H15NO. The highest BCUT2D eigenvalue weighted by Crippen LogP contribution is 2.15. The minimum atomic E-state index is 0.0609. The lowest BCUT2D eigenvalue weighted by Gasteiger charge is -2.05. The minimum absolute atomic E-state index is 0.0609. The van der Waals surface area contributed by atoms with Crippen LogP contribution in [-0.4, -0.2) is 12.8 Å². The molecule has 0 aliphatic carbocycles. The molecule has 86 valence electrons. The largest absolute Gasteiger partial charge is 0.388 e. The van der Waals surface area contributed by atoms with Crippen LogP contribution in [0.2, 0.25) is 0 Å². The number of hydrogen-bond acceptors (Lipinski definition) is 2. The number of carbonyl (C=O) groups is 1. The second kappa shape index (κ2) is 4.83. The highest BCUT2D eigenvalue weighted by atomic mass is 16.1. The Balaban J connectivity index is 2.36. The summed E-state index contributed by atoms with van der Waals surface area (Å²) in [6.45, 7) is 1.99. The fraction of sp³-hybridized carbons (Fsp3) is 0.133. The third-order valence-electron chi connectivity index (χ3n) is 2.69. The van der Waals surface area contributed by atoms with Gasteiger partial charge >= 0.3 is 0 Å². The maximum Gasteiger partial charge on any atom is 0.193 e. The molecule has 0 saturated carbocycles. The van der Waals surface area contributed by atoms with Crippen molar-refractivity contribution in [1.82, 2.24) is 0 Å². The molecule has 0 saturated heterocycles. The first-order chi connectivity index (χ1) is 8.20. The average molecular weight is 225 g/mol. The number of nitrogens with one attached hydrogen (secondary N) is 1. The molecule has 17 heavy (non-hydrogen) atoms. The summed E-state index contributed by atoms with van der Waals surface area (Å²) in [5.41, 5.74) is 3.49. The molecule has 2 nitrogen and oxygen atoms in total. The minimum Gasteiger partial charge on any atom is -0.388 e. The number of ketones is 1. The zero-order valence-corrected chi connectivity index (χ0v) is 10.0. The van der Waals surface area contributed by atoms with Crippen molar-refractivity contribution in [2.75, 3.05) is 12.4 Å². The van der Waals surface area contributed by atoms with Crippen molar-refractivity contribution >= 4 is 11.5 Å². The summed E-state index contributed by atoms with van der Waals surface area (Å²) < 4.78 is 0. The van der Waals surface area contributed by atoms with Gasteiger partial charge in [-0.05, 0) is 25.1 Å². The summed E-state index contributed by atoms with van der Waals surface area (Å²) in [5, 5.41) is 3.03. The van der Waals surface area contributed by atoms with E-state index in [1.807, 2.05) is 62.5 Å². The summed E-state index contributed by atoms with van der Waals surface area (Å²) in [6.07, 6.45) is 0. The van der Waals surface area contributed by atoms with Crippen molar-refractivity contribution in [2.24, 2.45) is 0 Å². The van der Waals surface area contributed by atoms with Crippen LogP contribution in [0.1, 0.15) is 21.5 Å². The lowest BCUT2D eigenvalue weighted by atomic mass is 10.0. The molecule has 0 atom stereocenters. The number of anilines is 1. The molecule has 0 aliphatic rings. The predicted octanol–water partition coefficient (Wildman–Crippen LogP) is 3.27. The standard InChI is InChI=1S/C15H15NO/c1-11-5-3-6-12(9-11)15(17)13-7-4-8-14(10-13)16-2/h3-10,16H,1-2H3. The molecule has 1 N–H and O–H groups in total. The van der Waals surface area contributed by atoms with Crippen LogP contribution < -0.4 is 5.32 Å². The van der Waals surface area contributed by atoms with E-state index in [2.05, 4.69) is 5.32 Å². The maximum atomic E-state index is 12.2. The Morgan fingerprint density at radius 1 is 1.00 bits per heavy atom. The Hall–Kier alpha value is -2.09. The van der Waals surface area contributed by atoms with Gasteiger partial charge in [0.25, 0.3) is 0 Å². The highest BCUT2D eigenvalue weighted by molar-refractivity contribution is 6.09. The lowest BCUT2D eigenvalue weighted by molar-refractivity contribution is 0.103. The number of hydrogen-bond donors (Lipinski definition) is 1. The third-order valence-corrected chi connectivity index (χ3v) is 2.69. The van der Waals surface area contributed by atoms with Crippen LogP contribution in [0.4, 0.5) is 5.69 Å². The lowest BCUT2D eigenvalue weighted by Crippen LogP contribution is -2.02. The van der Waals surface area contributed by atoms with E-state index in [4.69, 9.17) is 0 Å². The average Bonchev–Trinajstić information content (AvgIpc) is 2.38. The molecule has 0 bridgehead atoms. The smallest absolute Gasteiger partial charge is 0.193 e. The Labute approximate surface area is 101 Å². The summed E-state index contributed by atoms with van der Waals surface area (Å²) in [6, 6.07) is 15.2. The SMILES string of the molecule is CNc1cccc(C(=O)c2cccc(C)c2)c1. The number of aryl methyl sites for hydroxylation is 1. The fourth-order valence-electron chi connectivity index (χ4n) is 1.77. The van der Waals surface area contributed by atoms with E-state index in [0.717, 1.165) is 16.8 Å². The fourth-order valence-corrected chi connectivity index (χ4v) is 1.77. The molecule has 2 rings (SSSR count). The molecule has 0 spiro atoms. The second-order valence-corrected chi connectivity index (χ2v) is 4.03. The number of benzene rings is 2. The number of rotatable bonds is 3. The highest BCUT2D eigenvalue weighted by Gasteiger charge is 2.08. The van der Waals surface area contributed by atoms with Gasteiger partial charge < -0.3 is 5.32 Å². The predicted molar refractivity (Wildman–Crippen MR) is 70.6 cm³/mol. The first kappa shape index (κ1) is 11.4. The van der Waals surface area contributed by atoms with Crippen molar-refractivity contribution in [2.45, 2.75) is 6.92 Å². The van der Waals surface area contributed by atoms with Crippen LogP contribution in [0.25, 0.3) is 0 Å². The summed E-state index contributed by atoms with van der Waals surface area (Å²) in [5.74, 6) is 0.0609. The molecule has 0 radical (unpaired) electrons. The van der Waals surface area contributed by atoms with Gasteiger partial charge in [-0.3, -0.25) is 4.79 Å². The maximum absolute atomic E-state index is 12.2. The second-order valence-electron chi connectivity index (χ2n) is 4.03. The number of carbonyl (C=O) groups excluding carboxylic acids is 1. The van der Waals surface area contributed by atoms with E-state index in [9.17, 15) is 4.79 Å². The van der Waals surface area contributed by atoms with E-state index >= 15 is 0 Å². The van der Waals surface area contributed by atoms with Crippen LogP contribution in [0.15, 0.2) is 48.5 Å². The van der Waals surface area contributed by atoms with Gasteiger partial charge in [-0.2, -0.15) is 0 Å². The van der Waals surface area contributed by atoms with Gasteiger partial charge in [-0.15, -0.1) is 0 Å². The Kier molecular flexibility index (Phi) is 3.24. The van der Waals surface area contributed by atoms with E-state index in [0.29, 0.717) is 5.56 Å². The van der Waals surface area contributed by atoms with Crippen LogP contribution >= 0.6 is 0 Å². The van der Waals surface area contributed by atoms with Gasteiger partial charge in [0.15, 0.2) is 5.78 Å². The monoisotopic (exact) mass is 225 g/mol. The molecule has 2 heteroatoms. The Morgan fingerprint density at radius 3 is 2.29 bits per heavy atom. The zero-order chi connectivity index (χ0) is 12.3. The van der Waals surface area contributed by atoms with Crippen molar-refractivity contribution < 1.29 is 4.79 Å². The molecule has 0 aliphatic heterocycles. The van der Waals surface area contributed by atoms with Crippen molar-refractivity contribution in [3.63, 3.8) is 0 Å². The first-order valence-corrected chi connectivity index (χ1v) is 5.60. The Bertz CT molecular complexity index is 546. The van der Waals surface area contributed by atoms with Gasteiger partial charge in [-0.1, -0.05) is 35.9 Å². The molecule has 0 heterocycles. The van der Waals surface area contributed by atoms with Crippen molar-refractivity contribution in [3.8, 4) is 0 Å². The van der Waals surface area contributed by atoms with Crippen LogP contribution in [0.3, 0.4) is 0 Å². The van der Waals surface area contributed by atoms with Crippen molar-refractivity contribution in [3.05, 3.63) is 65.2 Å².